The van der Waals surface area contributed by atoms with E-state index in [-0.39, 0.29) is 0 Å². The van der Waals surface area contributed by atoms with Gasteiger partial charge in [-0.05, 0) is 18.6 Å². The van der Waals surface area contributed by atoms with Gasteiger partial charge in [-0.1, -0.05) is 30.3 Å². The van der Waals surface area contributed by atoms with Crippen LogP contribution in [0.5, 0.6) is 0 Å². The molecule has 2 N–H and O–H groups in total. The Balaban J connectivity index is 1.91. The van der Waals surface area contributed by atoms with Crippen LogP contribution in [0, 0.1) is 0 Å². The van der Waals surface area contributed by atoms with Crippen molar-refractivity contribution < 1.29 is 4.42 Å². The van der Waals surface area contributed by atoms with Gasteiger partial charge in [0.05, 0.1) is 0 Å². The summed E-state index contributed by atoms with van der Waals surface area (Å²) < 4.78 is 5.78. The van der Waals surface area contributed by atoms with E-state index >= 15 is 0 Å². The number of hydrogen-bond donors (Lipinski definition) is 1. The highest BCUT2D eigenvalue weighted by molar-refractivity contribution is 5.57. The fourth-order valence-electron chi connectivity index (χ4n) is 1.85. The Morgan fingerprint density at radius 3 is 2.47 bits per heavy atom. The van der Waals surface area contributed by atoms with Crippen LogP contribution < -0.4 is 5.73 Å². The number of furan rings is 1. The molecule has 1 heterocycles. The Morgan fingerprint density at radius 1 is 1.07 bits per heavy atom. The van der Waals surface area contributed by atoms with Crippen molar-refractivity contribution in [3.05, 3.63) is 48.2 Å². The van der Waals surface area contributed by atoms with Gasteiger partial charge in [-0.2, -0.15) is 0 Å². The fourth-order valence-corrected chi connectivity index (χ4v) is 1.85. The maximum absolute atomic E-state index is 5.79. The van der Waals surface area contributed by atoms with Gasteiger partial charge in [-0.3, -0.25) is 0 Å². The van der Waals surface area contributed by atoms with E-state index < -0.39 is 0 Å². The first-order valence-corrected chi connectivity index (χ1v) is 5.25. The van der Waals surface area contributed by atoms with Crippen LogP contribution in [-0.2, 0) is 0 Å². The SMILES string of the molecule is N[C@H]1C[C@H]1c1ccc(-c2ccccc2)o1. The summed E-state index contributed by atoms with van der Waals surface area (Å²) in [5.74, 6) is 2.41. The quantitative estimate of drug-likeness (QED) is 0.807. The third-order valence-electron chi connectivity index (χ3n) is 2.89. The molecular weight excluding hydrogens is 186 g/mol. The second-order valence-corrected chi connectivity index (χ2v) is 4.07. The van der Waals surface area contributed by atoms with Crippen molar-refractivity contribution in [3.8, 4) is 11.3 Å². The molecule has 2 nitrogen and oxygen atoms in total. The topological polar surface area (TPSA) is 39.2 Å². The highest BCUT2D eigenvalue weighted by atomic mass is 16.3. The molecule has 15 heavy (non-hydrogen) atoms. The molecule has 0 unspecified atom stereocenters. The first kappa shape index (κ1) is 8.74. The maximum Gasteiger partial charge on any atom is 0.134 e. The van der Waals surface area contributed by atoms with Crippen LogP contribution in [0.1, 0.15) is 18.1 Å². The largest absolute Gasteiger partial charge is 0.461 e. The lowest BCUT2D eigenvalue weighted by atomic mass is 10.2. The summed E-state index contributed by atoms with van der Waals surface area (Å²) >= 11 is 0. The van der Waals surface area contributed by atoms with E-state index in [0.29, 0.717) is 12.0 Å². The van der Waals surface area contributed by atoms with Gasteiger partial charge in [0.15, 0.2) is 0 Å². The monoisotopic (exact) mass is 199 g/mol. The van der Waals surface area contributed by atoms with E-state index in [2.05, 4.69) is 12.1 Å². The molecular formula is C13H13NO. The summed E-state index contributed by atoms with van der Waals surface area (Å²) in [5, 5.41) is 0. The van der Waals surface area contributed by atoms with E-state index in [0.717, 1.165) is 23.5 Å². The zero-order valence-corrected chi connectivity index (χ0v) is 8.39. The molecule has 1 aromatic heterocycles. The highest BCUT2D eigenvalue weighted by Crippen LogP contribution is 2.40. The molecule has 1 aromatic carbocycles. The smallest absolute Gasteiger partial charge is 0.134 e. The lowest BCUT2D eigenvalue weighted by Gasteiger charge is -1.95. The Labute approximate surface area is 88.7 Å². The lowest BCUT2D eigenvalue weighted by molar-refractivity contribution is 0.522. The predicted octanol–water partition coefficient (Wildman–Crippen LogP) is 2.76. The number of hydrogen-bond acceptors (Lipinski definition) is 2. The van der Waals surface area contributed by atoms with Crippen molar-refractivity contribution in [3.63, 3.8) is 0 Å². The lowest BCUT2D eigenvalue weighted by Crippen LogP contribution is -2.00. The minimum absolute atomic E-state index is 0.305. The zero-order valence-electron chi connectivity index (χ0n) is 8.39. The molecule has 1 aliphatic carbocycles. The average Bonchev–Trinajstić information content (AvgIpc) is 2.83. The van der Waals surface area contributed by atoms with Gasteiger partial charge >= 0.3 is 0 Å². The standard InChI is InChI=1S/C13H13NO/c14-11-8-10(11)13-7-6-12(15-13)9-4-2-1-3-5-9/h1-7,10-11H,8,14H2/t10-,11+/m1/s1. The molecule has 2 aromatic rings. The minimum Gasteiger partial charge on any atom is -0.461 e. The zero-order chi connectivity index (χ0) is 10.3. The molecule has 0 saturated heterocycles. The Hall–Kier alpha value is -1.54. The molecule has 0 bridgehead atoms. The van der Waals surface area contributed by atoms with Crippen LogP contribution in [0.2, 0.25) is 0 Å². The van der Waals surface area contributed by atoms with Crippen LogP contribution in [0.4, 0.5) is 0 Å². The van der Waals surface area contributed by atoms with Crippen molar-refractivity contribution >= 4 is 0 Å². The van der Waals surface area contributed by atoms with E-state index in [1.165, 1.54) is 0 Å². The van der Waals surface area contributed by atoms with Gasteiger partial charge in [-0.25, -0.2) is 0 Å². The summed E-state index contributed by atoms with van der Waals surface area (Å²) in [6.07, 6.45) is 1.06. The van der Waals surface area contributed by atoms with Crippen LogP contribution in [0.25, 0.3) is 11.3 Å². The fraction of sp³-hybridized carbons (Fsp3) is 0.231. The van der Waals surface area contributed by atoms with Crippen LogP contribution in [-0.4, -0.2) is 6.04 Å². The van der Waals surface area contributed by atoms with Crippen LogP contribution in [0.15, 0.2) is 46.9 Å². The Bertz CT molecular complexity index is 460. The van der Waals surface area contributed by atoms with Gasteiger partial charge in [-0.15, -0.1) is 0 Å². The molecule has 2 heteroatoms. The van der Waals surface area contributed by atoms with Crippen LogP contribution in [0.3, 0.4) is 0 Å². The minimum atomic E-state index is 0.305. The molecule has 0 radical (unpaired) electrons. The van der Waals surface area contributed by atoms with Gasteiger partial charge in [0.1, 0.15) is 11.5 Å². The maximum atomic E-state index is 5.79. The molecule has 76 valence electrons. The van der Waals surface area contributed by atoms with Gasteiger partial charge in [0.2, 0.25) is 0 Å². The van der Waals surface area contributed by atoms with Gasteiger partial charge in [0.25, 0.3) is 0 Å². The molecule has 1 saturated carbocycles. The summed E-state index contributed by atoms with van der Waals surface area (Å²) in [7, 11) is 0. The van der Waals surface area contributed by atoms with Crippen LogP contribution >= 0.6 is 0 Å². The molecule has 0 spiro atoms. The second kappa shape index (κ2) is 3.24. The second-order valence-electron chi connectivity index (χ2n) is 4.07. The van der Waals surface area contributed by atoms with E-state index in [1.807, 2.05) is 30.3 Å². The molecule has 2 atom stereocenters. The first-order chi connectivity index (χ1) is 7.34. The van der Waals surface area contributed by atoms with Gasteiger partial charge in [0, 0.05) is 17.5 Å². The molecule has 0 amide bonds. The number of rotatable bonds is 2. The number of nitrogens with two attached hydrogens (primary N) is 1. The van der Waals surface area contributed by atoms with Crippen molar-refractivity contribution in [1.82, 2.24) is 0 Å². The summed E-state index contributed by atoms with van der Waals surface area (Å²) in [6.45, 7) is 0. The third kappa shape index (κ3) is 1.57. The van der Waals surface area contributed by atoms with Gasteiger partial charge < -0.3 is 10.2 Å². The Kier molecular flexibility index (Phi) is 1.89. The van der Waals surface area contributed by atoms with Crippen molar-refractivity contribution in [1.29, 1.82) is 0 Å². The first-order valence-electron chi connectivity index (χ1n) is 5.25. The molecule has 1 aliphatic rings. The van der Waals surface area contributed by atoms with E-state index in [4.69, 9.17) is 10.2 Å². The third-order valence-corrected chi connectivity index (χ3v) is 2.89. The highest BCUT2D eigenvalue weighted by Gasteiger charge is 2.37. The summed E-state index contributed by atoms with van der Waals surface area (Å²) in [5.41, 5.74) is 6.91. The van der Waals surface area contributed by atoms with E-state index in [1.54, 1.807) is 0 Å². The molecule has 3 rings (SSSR count). The summed E-state index contributed by atoms with van der Waals surface area (Å²) in [4.78, 5) is 0. The molecule has 0 aliphatic heterocycles. The van der Waals surface area contributed by atoms with E-state index in [9.17, 15) is 0 Å². The number of benzene rings is 1. The van der Waals surface area contributed by atoms with Crippen molar-refractivity contribution in [2.75, 3.05) is 0 Å². The predicted molar refractivity (Wildman–Crippen MR) is 59.5 cm³/mol. The summed E-state index contributed by atoms with van der Waals surface area (Å²) in [6, 6.07) is 14.5. The molecule has 1 fully saturated rings. The Morgan fingerprint density at radius 2 is 1.80 bits per heavy atom. The average molecular weight is 199 g/mol. The van der Waals surface area contributed by atoms with Crippen molar-refractivity contribution in [2.45, 2.75) is 18.4 Å². The normalized spacial score (nSPS) is 24.1. The van der Waals surface area contributed by atoms with Crippen molar-refractivity contribution in [2.24, 2.45) is 5.73 Å².